The van der Waals surface area contributed by atoms with Crippen molar-refractivity contribution in [3.05, 3.63) is 0 Å². The maximum atomic E-state index is 8.56. The van der Waals surface area contributed by atoms with E-state index in [1.165, 1.54) is 0 Å². The molecule has 6 heteroatoms. The molecule has 0 aliphatic heterocycles. The number of hydrogen-bond donors (Lipinski definition) is 1. The summed E-state index contributed by atoms with van der Waals surface area (Å²) in [6.45, 7) is 0. The monoisotopic (exact) mass is 294 g/mol. The van der Waals surface area contributed by atoms with Gasteiger partial charge in [0.05, 0.1) is 11.4 Å². The molecule has 0 amide bonds. The van der Waals surface area contributed by atoms with Gasteiger partial charge in [-0.05, 0) is 0 Å². The number of hydrogen-bond acceptors (Lipinski definition) is 2. The van der Waals surface area contributed by atoms with Gasteiger partial charge in [0, 0.05) is 0 Å². The second-order valence-electron chi connectivity index (χ2n) is 0.217. The maximum Gasteiger partial charge on any atom is 2.00 e. The van der Waals surface area contributed by atoms with Crippen LogP contribution in [0.2, 0.25) is 0 Å². The van der Waals surface area contributed by atoms with Crippen LogP contribution in [0, 0.1) is 0 Å². The van der Waals surface area contributed by atoms with Crippen molar-refractivity contribution >= 4 is 11.4 Å². The maximum absolute atomic E-state index is 8.56. The fourth-order valence-corrected chi connectivity index (χ4v) is 0. The molecule has 0 radical (unpaired) electrons. The Balaban J connectivity index is -0.0000000450. The zero-order valence-electron chi connectivity index (χ0n) is 2.49. The molecule has 42 valence electrons. The van der Waals surface area contributed by atoms with Gasteiger partial charge in [0.2, 0.25) is 0 Å². The van der Waals surface area contributed by atoms with E-state index in [1.807, 2.05) is 0 Å². The van der Waals surface area contributed by atoms with E-state index in [1.54, 1.807) is 0 Å². The van der Waals surface area contributed by atoms with Crippen molar-refractivity contribution in [3.8, 4) is 0 Å². The molecule has 4 nitrogen and oxygen atoms in total. The van der Waals surface area contributed by atoms with Gasteiger partial charge in [-0.3, -0.25) is 0 Å². The van der Waals surface area contributed by atoms with Crippen LogP contribution in [-0.4, -0.2) is 18.8 Å². The van der Waals surface area contributed by atoms with E-state index >= 15 is 0 Å². The van der Waals surface area contributed by atoms with E-state index < -0.39 is 11.4 Å². The molecule has 0 aliphatic rings. The molecule has 0 aromatic carbocycles. The fourth-order valence-electron chi connectivity index (χ4n) is 0. The Hall–Kier alpha value is 0.718. The van der Waals surface area contributed by atoms with E-state index in [-0.39, 0.29) is 26.5 Å². The average Bonchev–Trinajstić information content (AvgIpc) is 0.811. The third-order valence-electron chi connectivity index (χ3n) is 0. The Kier molecular flexibility index (Phi) is 24.4. The van der Waals surface area contributed by atoms with Gasteiger partial charge in [0.15, 0.2) is 0 Å². The first-order chi connectivity index (χ1) is 1.73. The van der Waals surface area contributed by atoms with Crippen molar-refractivity contribution in [2.24, 2.45) is 0 Å². The normalized spacial score (nSPS) is 10.3. The molecule has 0 saturated carbocycles. The SMILES string of the molecule is O.O=S([O-])O.[Pt+2]. The Morgan fingerprint density at radius 1 is 1.67 bits per heavy atom. The van der Waals surface area contributed by atoms with Gasteiger partial charge in [-0.1, -0.05) is 0 Å². The predicted octanol–water partition coefficient (Wildman–Crippen LogP) is -1.49. The van der Waals surface area contributed by atoms with Crippen molar-refractivity contribution in [1.29, 1.82) is 0 Å². The zero-order valence-corrected chi connectivity index (χ0v) is 5.58. The van der Waals surface area contributed by atoms with Crippen LogP contribution in [0.1, 0.15) is 0 Å². The van der Waals surface area contributed by atoms with Crippen LogP contribution in [0.25, 0.3) is 0 Å². The van der Waals surface area contributed by atoms with Gasteiger partial charge in [-0.15, -0.1) is 0 Å². The van der Waals surface area contributed by atoms with E-state index in [9.17, 15) is 0 Å². The van der Waals surface area contributed by atoms with Gasteiger partial charge >= 0.3 is 21.1 Å². The first-order valence-corrected chi connectivity index (χ1v) is 1.55. The standard InChI is InChI=1S/H2O3S.H2O.Pt/c1-4(2)3;;/h(H2,1,2,3);1H2;/q;;+2/p-1. The summed E-state index contributed by atoms with van der Waals surface area (Å²) >= 11 is -2.86. The quantitative estimate of drug-likeness (QED) is 0.552. The van der Waals surface area contributed by atoms with Crippen LogP contribution in [0.3, 0.4) is 0 Å². The minimum absolute atomic E-state index is 0. The zero-order chi connectivity index (χ0) is 3.58. The molecule has 3 N–H and O–H groups in total. The summed E-state index contributed by atoms with van der Waals surface area (Å²) in [6.07, 6.45) is 0. The summed E-state index contributed by atoms with van der Waals surface area (Å²) in [4.78, 5) is 0. The van der Waals surface area contributed by atoms with Gasteiger partial charge < -0.3 is 14.6 Å². The van der Waals surface area contributed by atoms with Crippen LogP contribution >= 0.6 is 0 Å². The third-order valence-corrected chi connectivity index (χ3v) is 0. The molecule has 0 bridgehead atoms. The molecule has 1 unspecified atom stereocenters. The van der Waals surface area contributed by atoms with Crippen LogP contribution in [0.5, 0.6) is 0 Å². The summed E-state index contributed by atoms with van der Waals surface area (Å²) in [5, 5.41) is 0. The first-order valence-electron chi connectivity index (χ1n) is 0.516. The van der Waals surface area contributed by atoms with Crippen LogP contribution in [0.4, 0.5) is 0 Å². The van der Waals surface area contributed by atoms with Crippen LogP contribution in [-0.2, 0) is 32.4 Å². The second kappa shape index (κ2) is 9.21. The van der Waals surface area contributed by atoms with Crippen LogP contribution < -0.4 is 0 Å². The Morgan fingerprint density at radius 3 is 1.67 bits per heavy atom. The Morgan fingerprint density at radius 2 is 1.67 bits per heavy atom. The molecule has 0 spiro atoms. The molecular formula is H3O4PtS+. The van der Waals surface area contributed by atoms with E-state index in [0.717, 1.165) is 0 Å². The minimum atomic E-state index is -2.86. The molecule has 0 aromatic rings. The molecule has 0 rings (SSSR count). The molecule has 0 heterocycles. The molecule has 0 aliphatic carbocycles. The first kappa shape index (κ1) is 15.9. The summed E-state index contributed by atoms with van der Waals surface area (Å²) in [6, 6.07) is 0. The van der Waals surface area contributed by atoms with Gasteiger partial charge in [0.25, 0.3) is 0 Å². The van der Waals surface area contributed by atoms with Crippen molar-refractivity contribution in [2.75, 3.05) is 0 Å². The third kappa shape index (κ3) is 126. The average molecular weight is 294 g/mol. The van der Waals surface area contributed by atoms with Crippen molar-refractivity contribution in [1.82, 2.24) is 0 Å². The molecule has 0 saturated heterocycles. The number of rotatable bonds is 0. The van der Waals surface area contributed by atoms with Crippen molar-refractivity contribution in [2.45, 2.75) is 0 Å². The van der Waals surface area contributed by atoms with E-state index in [0.29, 0.717) is 0 Å². The van der Waals surface area contributed by atoms with Crippen molar-refractivity contribution in [3.63, 3.8) is 0 Å². The summed E-state index contributed by atoms with van der Waals surface area (Å²) in [5.74, 6) is 0. The summed E-state index contributed by atoms with van der Waals surface area (Å²) in [5.41, 5.74) is 0. The molecule has 1 atom stereocenters. The van der Waals surface area contributed by atoms with E-state index in [4.69, 9.17) is 13.3 Å². The Bertz CT molecular complexity index is 30.5. The smallest absolute Gasteiger partial charge is 0.750 e. The summed E-state index contributed by atoms with van der Waals surface area (Å²) in [7, 11) is 0. The Labute approximate surface area is 51.6 Å². The minimum Gasteiger partial charge on any atom is -0.750 e. The van der Waals surface area contributed by atoms with Crippen LogP contribution in [0.15, 0.2) is 0 Å². The topological polar surface area (TPSA) is 91.9 Å². The molecule has 6 heavy (non-hydrogen) atoms. The largest absolute Gasteiger partial charge is 2.00 e. The molecular weight excluding hydrogens is 291 g/mol. The predicted molar refractivity (Wildman–Crippen MR) is 15.2 cm³/mol. The fraction of sp³-hybridized carbons (Fsp3) is 0. The van der Waals surface area contributed by atoms with Gasteiger partial charge in [-0.25, -0.2) is 4.21 Å². The van der Waals surface area contributed by atoms with Gasteiger partial charge in [0.1, 0.15) is 0 Å². The molecule has 0 fully saturated rings. The van der Waals surface area contributed by atoms with E-state index in [2.05, 4.69) is 0 Å². The van der Waals surface area contributed by atoms with Gasteiger partial charge in [-0.2, -0.15) is 0 Å². The summed E-state index contributed by atoms with van der Waals surface area (Å²) < 4.78 is 24.1. The second-order valence-corrected chi connectivity index (χ2v) is 0.651. The van der Waals surface area contributed by atoms with Crippen molar-refractivity contribution < 1.29 is 39.9 Å². The molecule has 0 aromatic heterocycles.